The minimum absolute atomic E-state index is 0.518. The van der Waals surface area contributed by atoms with Gasteiger partial charge in [0.05, 0.1) is 12.4 Å². The minimum atomic E-state index is 0.518. The number of aliphatic imine (C=N–C) groups is 1. The van der Waals surface area contributed by atoms with E-state index in [1.54, 1.807) is 0 Å². The van der Waals surface area contributed by atoms with Crippen LogP contribution in [0.25, 0.3) is 0 Å². The summed E-state index contributed by atoms with van der Waals surface area (Å²) in [6.45, 7) is 12.4. The summed E-state index contributed by atoms with van der Waals surface area (Å²) >= 11 is 0. The van der Waals surface area contributed by atoms with E-state index >= 15 is 0 Å². The van der Waals surface area contributed by atoms with Crippen molar-refractivity contribution in [2.75, 3.05) is 13.2 Å². The van der Waals surface area contributed by atoms with Gasteiger partial charge < -0.3 is 4.74 Å². The van der Waals surface area contributed by atoms with Crippen LogP contribution in [0.15, 0.2) is 16.8 Å². The molecule has 0 N–H and O–H groups in total. The lowest BCUT2D eigenvalue weighted by atomic mass is 10.1. The molecule has 0 aliphatic rings. The summed E-state index contributed by atoms with van der Waals surface area (Å²) in [6, 6.07) is 0. The van der Waals surface area contributed by atoms with Gasteiger partial charge in [-0.05, 0) is 38.0 Å². The van der Waals surface area contributed by atoms with E-state index in [9.17, 15) is 0 Å². The number of ether oxygens (including phenoxy) is 1. The predicted octanol–water partition coefficient (Wildman–Crippen LogP) is 4.07. The maximum atomic E-state index is 5.85. The number of hydrogen-bond donors (Lipinski definition) is 0. The molecule has 0 heterocycles. The molecule has 16 heavy (non-hydrogen) atoms. The Kier molecular flexibility index (Phi) is 8.97. The molecule has 0 saturated heterocycles. The molecule has 0 radical (unpaired) electrons. The van der Waals surface area contributed by atoms with Gasteiger partial charge in [0.25, 0.3) is 0 Å². The Bertz CT molecular complexity index is 219. The second-order valence-electron chi connectivity index (χ2n) is 4.57. The van der Waals surface area contributed by atoms with Gasteiger partial charge in [0.1, 0.15) is 0 Å². The van der Waals surface area contributed by atoms with Crippen molar-refractivity contribution in [2.45, 2.75) is 47.5 Å². The highest BCUT2D eigenvalue weighted by atomic mass is 16.5. The fourth-order valence-corrected chi connectivity index (χ4v) is 1.28. The van der Waals surface area contributed by atoms with E-state index in [0.717, 1.165) is 31.8 Å². The normalized spacial score (nSPS) is 14.8. The summed E-state index contributed by atoms with van der Waals surface area (Å²) in [5.41, 5.74) is 0. The highest BCUT2D eigenvalue weighted by Crippen LogP contribution is 2.17. The summed E-state index contributed by atoms with van der Waals surface area (Å²) in [6.07, 6.45) is 6.15. The Morgan fingerprint density at radius 3 is 2.50 bits per heavy atom. The molecule has 2 heteroatoms. The summed E-state index contributed by atoms with van der Waals surface area (Å²) in [5, 5.41) is 0. The molecular weight excluding hydrogens is 198 g/mol. The summed E-state index contributed by atoms with van der Waals surface area (Å²) in [7, 11) is 0. The van der Waals surface area contributed by atoms with Gasteiger partial charge in [-0.1, -0.05) is 27.7 Å². The van der Waals surface area contributed by atoms with Crippen molar-refractivity contribution in [3.63, 3.8) is 0 Å². The van der Waals surface area contributed by atoms with Gasteiger partial charge >= 0.3 is 0 Å². The van der Waals surface area contributed by atoms with Gasteiger partial charge in [0.15, 0.2) is 0 Å². The van der Waals surface area contributed by atoms with Crippen LogP contribution in [0.2, 0.25) is 0 Å². The number of hydrogen-bond acceptors (Lipinski definition) is 2. The van der Waals surface area contributed by atoms with Crippen molar-refractivity contribution >= 4 is 6.21 Å². The van der Waals surface area contributed by atoms with Gasteiger partial charge in [0, 0.05) is 12.5 Å². The van der Waals surface area contributed by atoms with E-state index in [-0.39, 0.29) is 0 Å². The molecule has 0 fully saturated rings. The fourth-order valence-electron chi connectivity index (χ4n) is 1.28. The van der Waals surface area contributed by atoms with Crippen molar-refractivity contribution in [2.24, 2.45) is 16.8 Å². The molecule has 1 atom stereocenters. The van der Waals surface area contributed by atoms with Crippen molar-refractivity contribution < 1.29 is 4.74 Å². The van der Waals surface area contributed by atoms with E-state index in [2.05, 4.69) is 38.8 Å². The highest BCUT2D eigenvalue weighted by Gasteiger charge is 2.08. The molecule has 0 bridgehead atoms. The van der Waals surface area contributed by atoms with E-state index < -0.39 is 0 Å². The Balaban J connectivity index is 4.18. The minimum Gasteiger partial charge on any atom is -0.498 e. The highest BCUT2D eigenvalue weighted by molar-refractivity contribution is 5.53. The molecule has 0 aromatic carbocycles. The fraction of sp³-hybridized carbons (Fsp3) is 0.786. The van der Waals surface area contributed by atoms with Crippen molar-refractivity contribution in [1.82, 2.24) is 0 Å². The molecule has 0 rings (SSSR count). The van der Waals surface area contributed by atoms with E-state index in [1.165, 1.54) is 0 Å². The third-order valence-corrected chi connectivity index (χ3v) is 2.47. The van der Waals surface area contributed by atoms with E-state index in [4.69, 9.17) is 4.74 Å². The van der Waals surface area contributed by atoms with Crippen LogP contribution in [0.5, 0.6) is 0 Å². The van der Waals surface area contributed by atoms with E-state index in [0.29, 0.717) is 11.8 Å². The second-order valence-corrected chi connectivity index (χ2v) is 4.57. The average Bonchev–Trinajstić information content (AvgIpc) is 2.27. The van der Waals surface area contributed by atoms with Crippen LogP contribution in [-0.4, -0.2) is 19.4 Å². The Morgan fingerprint density at radius 1 is 1.31 bits per heavy atom. The Hall–Kier alpha value is -0.790. The first-order valence-electron chi connectivity index (χ1n) is 6.39. The van der Waals surface area contributed by atoms with Crippen LogP contribution in [0.4, 0.5) is 0 Å². The maximum absolute atomic E-state index is 5.85. The number of rotatable bonds is 8. The second kappa shape index (κ2) is 9.44. The first kappa shape index (κ1) is 15.2. The third kappa shape index (κ3) is 7.49. The van der Waals surface area contributed by atoms with Crippen LogP contribution in [0, 0.1) is 11.8 Å². The smallest absolute Gasteiger partial charge is 0.0948 e. The van der Waals surface area contributed by atoms with Gasteiger partial charge in [-0.3, -0.25) is 4.99 Å². The first-order valence-corrected chi connectivity index (χ1v) is 6.39. The van der Waals surface area contributed by atoms with Crippen LogP contribution < -0.4 is 0 Å². The van der Waals surface area contributed by atoms with Crippen LogP contribution in [0.3, 0.4) is 0 Å². The summed E-state index contributed by atoms with van der Waals surface area (Å²) in [5.74, 6) is 2.24. The number of nitrogens with zero attached hydrogens (tertiary/aromatic N) is 1. The zero-order valence-corrected chi connectivity index (χ0v) is 11.5. The zero-order chi connectivity index (χ0) is 12.4. The zero-order valence-electron chi connectivity index (χ0n) is 11.5. The molecular formula is C14H27NO. The lowest BCUT2D eigenvalue weighted by Crippen LogP contribution is -2.08. The molecule has 0 amide bonds. The van der Waals surface area contributed by atoms with Crippen LogP contribution in [0.1, 0.15) is 47.5 Å². The monoisotopic (exact) mass is 225 g/mol. The van der Waals surface area contributed by atoms with Gasteiger partial charge in [-0.2, -0.15) is 0 Å². The molecule has 0 spiro atoms. The largest absolute Gasteiger partial charge is 0.498 e. The van der Waals surface area contributed by atoms with E-state index in [1.807, 2.05) is 13.1 Å². The Labute approximate surface area is 101 Å². The standard InChI is InChI=1S/C14H27NO/c1-6-13(5)14(16-11-12(3)4)9-8-10-15-7-2/h7,9,12-13H,6,8,10-11H2,1-5H3/b14-9?,15-7-. The molecule has 0 aliphatic carbocycles. The summed E-state index contributed by atoms with van der Waals surface area (Å²) in [4.78, 5) is 4.20. The first-order chi connectivity index (χ1) is 7.61. The molecule has 0 aromatic heterocycles. The van der Waals surface area contributed by atoms with Crippen molar-refractivity contribution in [3.8, 4) is 0 Å². The molecule has 0 saturated carbocycles. The van der Waals surface area contributed by atoms with Gasteiger partial charge in [-0.25, -0.2) is 0 Å². The van der Waals surface area contributed by atoms with Crippen molar-refractivity contribution in [1.29, 1.82) is 0 Å². The predicted molar refractivity (Wildman–Crippen MR) is 72.0 cm³/mol. The SMILES string of the molecule is C/C=N\CCC=C(OCC(C)C)C(C)CC. The maximum Gasteiger partial charge on any atom is 0.0948 e. The molecule has 0 aliphatic heterocycles. The van der Waals surface area contributed by atoms with Crippen LogP contribution in [-0.2, 0) is 4.74 Å². The molecule has 94 valence electrons. The quantitative estimate of drug-likeness (QED) is 0.347. The lowest BCUT2D eigenvalue weighted by molar-refractivity contribution is 0.151. The summed E-state index contributed by atoms with van der Waals surface area (Å²) < 4.78 is 5.85. The molecule has 0 aromatic rings. The van der Waals surface area contributed by atoms with Crippen LogP contribution >= 0.6 is 0 Å². The van der Waals surface area contributed by atoms with Gasteiger partial charge in [-0.15, -0.1) is 0 Å². The van der Waals surface area contributed by atoms with Crippen molar-refractivity contribution in [3.05, 3.63) is 11.8 Å². The average molecular weight is 225 g/mol. The lowest BCUT2D eigenvalue weighted by Gasteiger charge is -2.17. The topological polar surface area (TPSA) is 21.6 Å². The number of allylic oxidation sites excluding steroid dienone is 1. The van der Waals surface area contributed by atoms with Gasteiger partial charge in [0.2, 0.25) is 0 Å². The third-order valence-electron chi connectivity index (χ3n) is 2.47. The molecule has 1 unspecified atom stereocenters. The molecule has 2 nitrogen and oxygen atoms in total. The Morgan fingerprint density at radius 2 is 2.00 bits per heavy atom.